The van der Waals surface area contributed by atoms with Crippen LogP contribution in [0.5, 0.6) is 0 Å². The van der Waals surface area contributed by atoms with Gasteiger partial charge >= 0.3 is 0 Å². The summed E-state index contributed by atoms with van der Waals surface area (Å²) < 4.78 is 1.53. The van der Waals surface area contributed by atoms with E-state index in [-0.39, 0.29) is 0 Å². The van der Waals surface area contributed by atoms with Gasteiger partial charge in [-0.3, -0.25) is 4.68 Å². The third-order valence-electron chi connectivity index (χ3n) is 1.09. The van der Waals surface area contributed by atoms with Gasteiger partial charge in [-0.15, -0.1) is 11.6 Å². The maximum absolute atomic E-state index is 8.35. The molecule has 1 heterocycles. The first kappa shape index (κ1) is 8.38. The quantitative estimate of drug-likeness (QED) is 0.665. The largest absolute Gasteiger partial charge is 0.269 e. The van der Waals surface area contributed by atoms with Crippen molar-refractivity contribution in [1.29, 1.82) is 5.26 Å². The molecule has 1 atom stereocenters. The van der Waals surface area contributed by atoms with Gasteiger partial charge in [0, 0.05) is 6.20 Å². The Morgan fingerprint density at radius 3 is 3.00 bits per heavy atom. The summed E-state index contributed by atoms with van der Waals surface area (Å²) in [5, 5.41) is 12.2. The van der Waals surface area contributed by atoms with E-state index in [1.807, 2.05) is 6.07 Å². The van der Waals surface area contributed by atoms with Crippen molar-refractivity contribution < 1.29 is 0 Å². The van der Waals surface area contributed by atoms with Gasteiger partial charge in [-0.2, -0.15) is 10.4 Å². The Kier molecular flexibility index (Phi) is 2.75. The number of nitrogens with zero attached hydrogens (tertiary/aromatic N) is 3. The van der Waals surface area contributed by atoms with Crippen LogP contribution in [0.1, 0.15) is 0 Å². The van der Waals surface area contributed by atoms with Crippen molar-refractivity contribution in [3.63, 3.8) is 0 Å². The summed E-state index contributed by atoms with van der Waals surface area (Å²) >= 11 is 11.1. The van der Waals surface area contributed by atoms with E-state index >= 15 is 0 Å². The second kappa shape index (κ2) is 3.61. The topological polar surface area (TPSA) is 41.6 Å². The van der Waals surface area contributed by atoms with Crippen LogP contribution in [0.3, 0.4) is 0 Å². The van der Waals surface area contributed by atoms with Crippen LogP contribution in [0.25, 0.3) is 0 Å². The Labute approximate surface area is 74.1 Å². The van der Waals surface area contributed by atoms with Gasteiger partial charge in [0.15, 0.2) is 0 Å². The molecule has 0 aliphatic rings. The van der Waals surface area contributed by atoms with E-state index in [2.05, 4.69) is 5.10 Å². The highest BCUT2D eigenvalue weighted by molar-refractivity contribution is 6.30. The fourth-order valence-corrected chi connectivity index (χ4v) is 0.941. The van der Waals surface area contributed by atoms with Crippen LogP contribution in [0.2, 0.25) is 5.02 Å². The minimum Gasteiger partial charge on any atom is -0.269 e. The maximum Gasteiger partial charge on any atom is 0.140 e. The highest BCUT2D eigenvalue weighted by Gasteiger charge is 2.03. The second-order valence-corrected chi connectivity index (χ2v) is 2.94. The zero-order valence-corrected chi connectivity index (χ0v) is 7.05. The smallest absolute Gasteiger partial charge is 0.140 e. The van der Waals surface area contributed by atoms with E-state index < -0.39 is 5.38 Å². The van der Waals surface area contributed by atoms with Crippen LogP contribution in [-0.4, -0.2) is 15.2 Å². The van der Waals surface area contributed by atoms with Crippen molar-refractivity contribution in [3.8, 4) is 6.07 Å². The normalized spacial score (nSPS) is 12.5. The predicted molar refractivity (Wildman–Crippen MR) is 42.5 cm³/mol. The molecular formula is C6H5Cl2N3. The molecule has 0 aliphatic heterocycles. The summed E-state index contributed by atoms with van der Waals surface area (Å²) in [4.78, 5) is 0. The summed E-state index contributed by atoms with van der Waals surface area (Å²) in [7, 11) is 0. The molecule has 0 saturated carbocycles. The first-order chi connectivity index (χ1) is 5.22. The number of nitriles is 1. The van der Waals surface area contributed by atoms with Gasteiger partial charge in [-0.25, -0.2) is 0 Å². The highest BCUT2D eigenvalue weighted by Crippen LogP contribution is 2.06. The van der Waals surface area contributed by atoms with Crippen LogP contribution >= 0.6 is 23.2 Å². The van der Waals surface area contributed by atoms with Crippen molar-refractivity contribution in [2.75, 3.05) is 0 Å². The van der Waals surface area contributed by atoms with Crippen LogP contribution in [0, 0.1) is 11.3 Å². The average molecular weight is 190 g/mol. The molecule has 0 fully saturated rings. The van der Waals surface area contributed by atoms with E-state index in [1.165, 1.54) is 10.9 Å². The van der Waals surface area contributed by atoms with E-state index in [1.54, 1.807) is 6.20 Å². The molecule has 3 nitrogen and oxygen atoms in total. The molecule has 0 radical (unpaired) electrons. The summed E-state index contributed by atoms with van der Waals surface area (Å²) in [6, 6.07) is 1.88. The average Bonchev–Trinajstić information content (AvgIpc) is 2.35. The molecule has 0 amide bonds. The second-order valence-electron chi connectivity index (χ2n) is 1.98. The number of aromatic nitrogens is 2. The number of hydrogen-bond donors (Lipinski definition) is 0. The van der Waals surface area contributed by atoms with Gasteiger partial charge < -0.3 is 0 Å². The lowest BCUT2D eigenvalue weighted by Crippen LogP contribution is -2.08. The molecule has 1 aromatic rings. The molecule has 1 unspecified atom stereocenters. The lowest BCUT2D eigenvalue weighted by molar-refractivity contribution is 0.632. The summed E-state index contributed by atoms with van der Waals surface area (Å²) in [6.45, 7) is 0.366. The Balaban J connectivity index is 2.59. The third kappa shape index (κ3) is 2.41. The van der Waals surface area contributed by atoms with Crippen LogP contribution < -0.4 is 0 Å². The van der Waals surface area contributed by atoms with Crippen LogP contribution in [0.15, 0.2) is 12.4 Å². The van der Waals surface area contributed by atoms with Gasteiger partial charge in [-0.05, 0) is 0 Å². The Morgan fingerprint density at radius 2 is 2.55 bits per heavy atom. The number of halogens is 2. The summed E-state index contributed by atoms with van der Waals surface area (Å²) in [5.74, 6) is 0. The molecule has 0 saturated heterocycles. The molecule has 0 spiro atoms. The van der Waals surface area contributed by atoms with Gasteiger partial charge in [0.1, 0.15) is 5.38 Å². The zero-order chi connectivity index (χ0) is 8.27. The standard InChI is InChI=1S/C6H5Cl2N3/c7-5(1-9)3-11-4-6(8)2-10-11/h2,4-5H,3H2. The van der Waals surface area contributed by atoms with Gasteiger partial charge in [0.25, 0.3) is 0 Å². The molecule has 5 heteroatoms. The first-order valence-corrected chi connectivity index (χ1v) is 3.75. The van der Waals surface area contributed by atoms with Gasteiger partial charge in [0.2, 0.25) is 0 Å². The van der Waals surface area contributed by atoms with Crippen molar-refractivity contribution in [3.05, 3.63) is 17.4 Å². The SMILES string of the molecule is N#CC(Cl)Cn1cc(Cl)cn1. The molecule has 0 aliphatic carbocycles. The van der Waals surface area contributed by atoms with E-state index in [0.717, 1.165) is 0 Å². The van der Waals surface area contributed by atoms with Crippen LogP contribution in [0.4, 0.5) is 0 Å². The molecule has 0 bridgehead atoms. The predicted octanol–water partition coefficient (Wildman–Crippen LogP) is 1.67. The van der Waals surface area contributed by atoms with E-state index in [9.17, 15) is 0 Å². The van der Waals surface area contributed by atoms with E-state index in [0.29, 0.717) is 11.6 Å². The minimum atomic E-state index is -0.550. The van der Waals surface area contributed by atoms with Crippen molar-refractivity contribution in [2.24, 2.45) is 0 Å². The maximum atomic E-state index is 8.35. The molecule has 0 aromatic carbocycles. The fourth-order valence-electron chi connectivity index (χ4n) is 0.643. The monoisotopic (exact) mass is 189 g/mol. The molecule has 1 rings (SSSR count). The van der Waals surface area contributed by atoms with Gasteiger partial charge in [-0.1, -0.05) is 11.6 Å². The van der Waals surface area contributed by atoms with Gasteiger partial charge in [0.05, 0.1) is 23.8 Å². The summed E-state index contributed by atoms with van der Waals surface area (Å²) in [6.07, 6.45) is 3.12. The molecular weight excluding hydrogens is 185 g/mol. The zero-order valence-electron chi connectivity index (χ0n) is 5.54. The van der Waals surface area contributed by atoms with Crippen LogP contribution in [-0.2, 0) is 6.54 Å². The summed E-state index contributed by atoms with van der Waals surface area (Å²) in [5.41, 5.74) is 0. The van der Waals surface area contributed by atoms with Crippen molar-refractivity contribution in [2.45, 2.75) is 11.9 Å². The van der Waals surface area contributed by atoms with E-state index in [4.69, 9.17) is 28.5 Å². The molecule has 1 aromatic heterocycles. The molecule has 58 valence electrons. The lowest BCUT2D eigenvalue weighted by Gasteiger charge is -1.98. The van der Waals surface area contributed by atoms with Crippen molar-refractivity contribution in [1.82, 2.24) is 9.78 Å². The number of alkyl halides is 1. The Bertz CT molecular complexity index is 276. The Morgan fingerprint density at radius 1 is 1.82 bits per heavy atom. The number of rotatable bonds is 2. The highest BCUT2D eigenvalue weighted by atomic mass is 35.5. The molecule has 0 N–H and O–H groups in total. The minimum absolute atomic E-state index is 0.366. The lowest BCUT2D eigenvalue weighted by atomic mass is 10.5. The third-order valence-corrected chi connectivity index (χ3v) is 1.52. The fraction of sp³-hybridized carbons (Fsp3) is 0.333. The molecule has 11 heavy (non-hydrogen) atoms. The number of hydrogen-bond acceptors (Lipinski definition) is 2. The Hall–Kier alpha value is -0.720. The van der Waals surface area contributed by atoms with Crippen molar-refractivity contribution >= 4 is 23.2 Å². The first-order valence-electron chi connectivity index (χ1n) is 2.94.